The van der Waals surface area contributed by atoms with Gasteiger partial charge in [-0.2, -0.15) is 0 Å². The van der Waals surface area contributed by atoms with Crippen molar-refractivity contribution in [1.29, 1.82) is 0 Å². The first-order valence-electron chi connectivity index (χ1n) is 27.8. The number of rotatable bonds is 33. The third-order valence-corrected chi connectivity index (χ3v) is 11.5. The van der Waals surface area contributed by atoms with Gasteiger partial charge in [-0.25, -0.2) is 24.0 Å². The van der Waals surface area contributed by atoms with Crippen molar-refractivity contribution < 1.29 is 76.6 Å². The number of amides is 8. The summed E-state index contributed by atoms with van der Waals surface area (Å²) in [5, 5.41) is 29.6. The van der Waals surface area contributed by atoms with Crippen molar-refractivity contribution in [3.63, 3.8) is 0 Å². The third-order valence-electron chi connectivity index (χ3n) is 11.5. The van der Waals surface area contributed by atoms with E-state index in [2.05, 4.69) is 37.2 Å². The number of unbranched alkanes of at least 4 members (excludes halogenated alkanes) is 4. The molecule has 0 radical (unpaired) electrons. The number of primary amides is 1. The van der Waals surface area contributed by atoms with E-state index < -0.39 is 93.8 Å². The first kappa shape index (κ1) is 71.0. The van der Waals surface area contributed by atoms with E-state index in [0.29, 0.717) is 56.3 Å². The number of urea groups is 2. The summed E-state index contributed by atoms with van der Waals surface area (Å²) in [5.41, 5.74) is 3.38. The fourth-order valence-corrected chi connectivity index (χ4v) is 7.62. The molecule has 0 aliphatic heterocycles. The second-order valence-electron chi connectivity index (χ2n) is 23.0. The molecular weight excluding hydrogens is 1080 g/mol. The molecule has 462 valence electrons. The van der Waals surface area contributed by atoms with Crippen molar-refractivity contribution in [1.82, 2.24) is 31.9 Å². The summed E-state index contributed by atoms with van der Waals surface area (Å²) in [5.74, 6) is -4.10. The number of non-ortho nitro benzene ring substituents is 1. The van der Waals surface area contributed by atoms with E-state index in [1.54, 1.807) is 100 Å². The Kier molecular flexibility index (Phi) is 30.0. The number of nitro groups is 1. The van der Waals surface area contributed by atoms with Crippen molar-refractivity contribution >= 4 is 71.1 Å². The van der Waals surface area contributed by atoms with E-state index in [1.165, 1.54) is 24.3 Å². The number of carbonyl (C=O) groups is 10. The Bertz CT molecular complexity index is 2490. The SMILES string of the molecule is CC(C)[C@H](NC(=O)CCCCCCC(=O)NCCCC[C@H](NC(=O)N[C@@H](CCC(=O)OC(C)(C)C)C(=O)OC(C)(C)C)C(=O)OC(C)(C)C)C(=O)N[C@@H](CCCNC(N)=O)C(=O)Nc1ccc(COC(=O)Oc2ccc([N+](=O)[O-])cc2)cc1. The summed E-state index contributed by atoms with van der Waals surface area (Å²) in [4.78, 5) is 139. The molecular formula is C57H87N9O17. The molecule has 8 amide bonds. The average molecular weight is 1170 g/mol. The van der Waals surface area contributed by atoms with Crippen LogP contribution in [0.3, 0.4) is 0 Å². The zero-order valence-electron chi connectivity index (χ0n) is 49.8. The van der Waals surface area contributed by atoms with Crippen LogP contribution in [-0.2, 0) is 59.1 Å². The van der Waals surface area contributed by atoms with Crippen LogP contribution in [0.5, 0.6) is 5.75 Å². The maximum absolute atomic E-state index is 13.7. The molecule has 0 aliphatic carbocycles. The van der Waals surface area contributed by atoms with Crippen LogP contribution in [0.2, 0.25) is 0 Å². The second-order valence-corrected chi connectivity index (χ2v) is 23.0. The van der Waals surface area contributed by atoms with Crippen molar-refractivity contribution in [3.05, 3.63) is 64.2 Å². The number of nitrogens with one attached hydrogen (secondary N) is 7. The highest BCUT2D eigenvalue weighted by atomic mass is 16.7. The van der Waals surface area contributed by atoms with Crippen LogP contribution in [0.25, 0.3) is 0 Å². The number of nitro benzene ring substituents is 1. The van der Waals surface area contributed by atoms with E-state index in [-0.39, 0.29) is 87.3 Å². The molecule has 0 spiro atoms. The summed E-state index contributed by atoms with van der Waals surface area (Å²) in [7, 11) is 0. The van der Waals surface area contributed by atoms with Crippen molar-refractivity contribution in [2.24, 2.45) is 11.7 Å². The normalized spacial score (nSPS) is 12.9. The van der Waals surface area contributed by atoms with Gasteiger partial charge in [-0.1, -0.05) is 38.8 Å². The Morgan fingerprint density at radius 2 is 1.10 bits per heavy atom. The number of nitrogens with two attached hydrogens (primary N) is 1. The lowest BCUT2D eigenvalue weighted by atomic mass is 10.0. The fourth-order valence-electron chi connectivity index (χ4n) is 7.62. The van der Waals surface area contributed by atoms with E-state index in [4.69, 9.17) is 29.4 Å². The van der Waals surface area contributed by atoms with Crippen LogP contribution in [0.1, 0.15) is 165 Å². The van der Waals surface area contributed by atoms with Gasteiger partial charge in [0.25, 0.3) is 5.69 Å². The van der Waals surface area contributed by atoms with Crippen molar-refractivity contribution in [3.8, 4) is 5.75 Å². The number of anilines is 1. The molecule has 26 heteroatoms. The van der Waals surface area contributed by atoms with Gasteiger partial charge < -0.3 is 66.6 Å². The second kappa shape index (κ2) is 35.1. The zero-order chi connectivity index (χ0) is 62.5. The number of nitrogens with zero attached hydrogens (tertiary/aromatic N) is 1. The average Bonchev–Trinajstić information content (AvgIpc) is 3.42. The van der Waals surface area contributed by atoms with E-state index in [0.717, 1.165) is 0 Å². The lowest BCUT2D eigenvalue weighted by molar-refractivity contribution is -0.384. The topological polar surface area (TPSA) is 370 Å². The Hall–Kier alpha value is -8.06. The molecule has 9 N–H and O–H groups in total. The number of carbonyl (C=O) groups excluding carboxylic acids is 10. The van der Waals surface area contributed by atoms with Gasteiger partial charge in [0, 0.05) is 50.2 Å². The number of esters is 3. The summed E-state index contributed by atoms with van der Waals surface area (Å²) >= 11 is 0. The minimum Gasteiger partial charge on any atom is -0.460 e. The molecule has 83 heavy (non-hydrogen) atoms. The van der Waals surface area contributed by atoms with Gasteiger partial charge in [0.15, 0.2) is 0 Å². The first-order valence-corrected chi connectivity index (χ1v) is 27.8. The van der Waals surface area contributed by atoms with Gasteiger partial charge in [-0.3, -0.25) is 34.1 Å². The molecule has 2 aromatic carbocycles. The highest BCUT2D eigenvalue weighted by molar-refractivity contribution is 5.98. The smallest absolute Gasteiger partial charge is 0.460 e. The Balaban J connectivity index is 1.86. The number of hydrogen-bond acceptors (Lipinski definition) is 17. The molecule has 26 nitrogen and oxygen atoms in total. The van der Waals surface area contributed by atoms with Crippen LogP contribution in [0.15, 0.2) is 48.5 Å². The molecule has 4 atom stereocenters. The summed E-state index contributed by atoms with van der Waals surface area (Å²) < 4.78 is 26.5. The summed E-state index contributed by atoms with van der Waals surface area (Å²) in [6, 6.07) is 5.08. The molecule has 0 saturated heterocycles. The quantitative estimate of drug-likeness (QED) is 0.00910. The molecule has 0 bridgehead atoms. The molecule has 0 heterocycles. The molecule has 0 saturated carbocycles. The number of ether oxygens (including phenoxy) is 5. The lowest BCUT2D eigenvalue weighted by Gasteiger charge is -2.27. The predicted octanol–water partition coefficient (Wildman–Crippen LogP) is 6.79. The first-order chi connectivity index (χ1) is 38.7. The largest absolute Gasteiger partial charge is 0.514 e. The maximum Gasteiger partial charge on any atom is 0.514 e. The predicted molar refractivity (Wildman–Crippen MR) is 305 cm³/mol. The number of benzene rings is 2. The van der Waals surface area contributed by atoms with E-state index >= 15 is 0 Å². The molecule has 0 aromatic heterocycles. The lowest BCUT2D eigenvalue weighted by Crippen LogP contribution is -2.54. The molecule has 0 fully saturated rings. The van der Waals surface area contributed by atoms with Crippen LogP contribution in [0, 0.1) is 16.0 Å². The minimum absolute atomic E-state index is 0.0466. The van der Waals surface area contributed by atoms with Crippen LogP contribution < -0.4 is 47.7 Å². The Labute approximate surface area is 485 Å². The third kappa shape index (κ3) is 32.2. The minimum atomic E-state index is -1.23. The van der Waals surface area contributed by atoms with E-state index in [1.807, 2.05) is 0 Å². The standard InChI is InChI=1S/C57H87N9O17/c1-36(2)47(49(71)62-41(20-18-34-60-52(58)74)48(70)61-38-25-23-37(24-26-38)35-79-54(76)80-40-29-27-39(28-30-40)66(77)78)65-45(68)22-15-13-12-14-21-44(67)59-33-17-16-19-42(50(72)82-56(6,7)8)63-53(75)64-43(51(73)83-57(9,10)11)31-32-46(69)81-55(3,4)5/h23-30,36,41-43,47H,12-22,31-35H2,1-11H3,(H,59,67)(H,61,70)(H,62,71)(H,65,68)(H3,58,60,74)(H2,63,64,75)/t41-,42-,43-,47-/m0/s1. The molecule has 2 aromatic rings. The zero-order valence-corrected chi connectivity index (χ0v) is 49.8. The summed E-state index contributed by atoms with van der Waals surface area (Å²) in [6.45, 7) is 18.9. The molecule has 0 unspecified atom stereocenters. The molecule has 2 rings (SSSR count). The Morgan fingerprint density at radius 1 is 0.566 bits per heavy atom. The maximum atomic E-state index is 13.7. The monoisotopic (exact) mass is 1170 g/mol. The summed E-state index contributed by atoms with van der Waals surface area (Å²) in [6.07, 6.45) is 2.66. The highest BCUT2D eigenvalue weighted by Gasteiger charge is 2.32. The highest BCUT2D eigenvalue weighted by Crippen LogP contribution is 2.20. The van der Waals surface area contributed by atoms with Gasteiger partial charge in [0.1, 0.15) is 53.3 Å². The van der Waals surface area contributed by atoms with Gasteiger partial charge in [0.2, 0.25) is 23.6 Å². The van der Waals surface area contributed by atoms with Crippen molar-refractivity contribution in [2.45, 2.75) is 207 Å². The van der Waals surface area contributed by atoms with Crippen LogP contribution in [0.4, 0.5) is 25.8 Å². The molecule has 0 aliphatic rings. The van der Waals surface area contributed by atoms with E-state index in [9.17, 15) is 58.1 Å². The van der Waals surface area contributed by atoms with Gasteiger partial charge in [-0.05, 0) is 149 Å². The van der Waals surface area contributed by atoms with Crippen molar-refractivity contribution in [2.75, 3.05) is 18.4 Å². The van der Waals surface area contributed by atoms with Gasteiger partial charge in [-0.15, -0.1) is 0 Å². The van der Waals surface area contributed by atoms with Crippen LogP contribution >= 0.6 is 0 Å². The van der Waals surface area contributed by atoms with Crippen LogP contribution in [-0.4, -0.2) is 119 Å². The van der Waals surface area contributed by atoms with Gasteiger partial charge >= 0.3 is 36.1 Å². The number of hydrogen-bond donors (Lipinski definition) is 8. The van der Waals surface area contributed by atoms with Gasteiger partial charge in [0.05, 0.1) is 4.92 Å². The Morgan fingerprint density at radius 3 is 1.63 bits per heavy atom. The fraction of sp³-hybridized carbons (Fsp3) is 0.614.